The fraction of sp³-hybridized carbons (Fsp3) is 0.286. The third kappa shape index (κ3) is 6.13. The van der Waals surface area contributed by atoms with Crippen LogP contribution in [-0.2, 0) is 22.6 Å². The van der Waals surface area contributed by atoms with Gasteiger partial charge in [0.15, 0.2) is 6.10 Å². The minimum Gasteiger partial charge on any atom is -0.389 e. The SMILES string of the molecule is N[C@@H](Cc1ccccc1)C(=O)N(CC1CC(Br)=NO1)C(=O)NCc1ccccc1. The van der Waals surface area contributed by atoms with Gasteiger partial charge in [-0.3, -0.25) is 9.69 Å². The molecule has 1 aliphatic heterocycles. The quantitative estimate of drug-likeness (QED) is 0.666. The van der Waals surface area contributed by atoms with Crippen LogP contribution in [0, 0.1) is 0 Å². The minimum atomic E-state index is -0.842. The Morgan fingerprint density at radius 3 is 2.34 bits per heavy atom. The molecule has 1 heterocycles. The molecule has 0 saturated heterocycles. The summed E-state index contributed by atoms with van der Waals surface area (Å²) in [5.74, 6) is -0.453. The van der Waals surface area contributed by atoms with E-state index in [0.717, 1.165) is 16.0 Å². The predicted molar refractivity (Wildman–Crippen MR) is 114 cm³/mol. The maximum Gasteiger partial charge on any atom is 0.324 e. The topological polar surface area (TPSA) is 97.0 Å². The van der Waals surface area contributed by atoms with Crippen molar-refractivity contribution < 1.29 is 14.4 Å². The van der Waals surface area contributed by atoms with Gasteiger partial charge in [-0.1, -0.05) is 65.8 Å². The molecule has 29 heavy (non-hydrogen) atoms. The number of carbonyl (C=O) groups excluding carboxylic acids is 2. The number of nitrogens with one attached hydrogen (secondary N) is 1. The number of rotatable bonds is 7. The van der Waals surface area contributed by atoms with Crippen molar-refractivity contribution >= 4 is 32.5 Å². The van der Waals surface area contributed by atoms with Crippen LogP contribution >= 0.6 is 15.9 Å². The predicted octanol–water partition coefficient (Wildman–Crippen LogP) is 2.79. The molecule has 3 amide bonds. The van der Waals surface area contributed by atoms with Crippen molar-refractivity contribution in [3.63, 3.8) is 0 Å². The normalized spacial score (nSPS) is 16.5. The molecule has 2 aromatic rings. The van der Waals surface area contributed by atoms with E-state index in [-0.39, 0.29) is 6.54 Å². The highest BCUT2D eigenvalue weighted by Crippen LogP contribution is 2.16. The second-order valence-electron chi connectivity index (χ2n) is 6.79. The summed E-state index contributed by atoms with van der Waals surface area (Å²) in [5.41, 5.74) is 8.01. The van der Waals surface area contributed by atoms with Gasteiger partial charge < -0.3 is 15.9 Å². The molecule has 0 aliphatic carbocycles. The van der Waals surface area contributed by atoms with Crippen molar-refractivity contribution in [2.75, 3.05) is 6.54 Å². The first kappa shape index (κ1) is 21.0. The van der Waals surface area contributed by atoms with Gasteiger partial charge in [-0.15, -0.1) is 0 Å². The summed E-state index contributed by atoms with van der Waals surface area (Å²) in [6.45, 7) is 0.379. The first-order valence-electron chi connectivity index (χ1n) is 9.33. The van der Waals surface area contributed by atoms with E-state index in [9.17, 15) is 9.59 Å². The Balaban J connectivity index is 1.67. The molecule has 152 valence electrons. The number of carbonyl (C=O) groups is 2. The van der Waals surface area contributed by atoms with Crippen LogP contribution in [0.1, 0.15) is 17.5 Å². The molecule has 8 heteroatoms. The Morgan fingerprint density at radius 2 is 1.76 bits per heavy atom. The molecule has 1 aliphatic rings. The number of nitrogens with two attached hydrogens (primary N) is 1. The van der Waals surface area contributed by atoms with Crippen molar-refractivity contribution in [1.29, 1.82) is 0 Å². The lowest BCUT2D eigenvalue weighted by atomic mass is 10.1. The van der Waals surface area contributed by atoms with Gasteiger partial charge in [-0.05, 0) is 33.5 Å². The number of urea groups is 1. The number of hydrogen-bond donors (Lipinski definition) is 2. The highest BCUT2D eigenvalue weighted by Gasteiger charge is 2.32. The molecule has 3 N–H and O–H groups in total. The summed E-state index contributed by atoms with van der Waals surface area (Å²) < 4.78 is 0.646. The summed E-state index contributed by atoms with van der Waals surface area (Å²) in [6, 6.07) is 17.6. The summed E-state index contributed by atoms with van der Waals surface area (Å²) in [4.78, 5) is 32.2. The minimum absolute atomic E-state index is 0.0700. The standard InChI is InChI=1S/C21H23BrN4O3/c22-19-12-17(29-25-19)14-26(21(28)24-13-16-9-5-2-6-10-16)20(27)18(23)11-15-7-3-1-4-8-15/h1-10,17-18H,11-14,23H2,(H,24,28)/t17?,18-/m0/s1. The summed E-state index contributed by atoms with van der Waals surface area (Å²) in [5, 5.41) is 6.62. The van der Waals surface area contributed by atoms with E-state index < -0.39 is 24.1 Å². The van der Waals surface area contributed by atoms with Crippen molar-refractivity contribution in [2.24, 2.45) is 10.9 Å². The number of imide groups is 1. The van der Waals surface area contributed by atoms with E-state index in [1.54, 1.807) is 0 Å². The lowest BCUT2D eigenvalue weighted by Crippen LogP contribution is -2.53. The first-order valence-corrected chi connectivity index (χ1v) is 10.1. The number of nitrogens with zero attached hydrogens (tertiary/aromatic N) is 2. The fourth-order valence-corrected chi connectivity index (χ4v) is 3.44. The highest BCUT2D eigenvalue weighted by atomic mass is 79.9. The number of halogens is 1. The molecule has 0 saturated carbocycles. The molecule has 0 radical (unpaired) electrons. The van der Waals surface area contributed by atoms with Crippen LogP contribution in [0.3, 0.4) is 0 Å². The number of hydrogen-bond acceptors (Lipinski definition) is 5. The van der Waals surface area contributed by atoms with Crippen LogP contribution in [0.25, 0.3) is 0 Å². The van der Waals surface area contributed by atoms with Gasteiger partial charge in [0.25, 0.3) is 0 Å². The Morgan fingerprint density at radius 1 is 1.14 bits per heavy atom. The van der Waals surface area contributed by atoms with E-state index in [1.807, 2.05) is 60.7 Å². The number of benzene rings is 2. The number of oxime groups is 1. The summed E-state index contributed by atoms with van der Waals surface area (Å²) >= 11 is 3.27. The van der Waals surface area contributed by atoms with E-state index in [0.29, 0.717) is 24.0 Å². The molecule has 0 spiro atoms. The Labute approximate surface area is 178 Å². The van der Waals surface area contributed by atoms with E-state index in [2.05, 4.69) is 26.4 Å². The maximum atomic E-state index is 13.0. The van der Waals surface area contributed by atoms with Crippen LogP contribution in [0.4, 0.5) is 4.79 Å². The van der Waals surface area contributed by atoms with E-state index >= 15 is 0 Å². The summed E-state index contributed by atoms with van der Waals surface area (Å²) in [7, 11) is 0. The van der Waals surface area contributed by atoms with Crippen LogP contribution in [-0.4, -0.2) is 40.1 Å². The molecule has 2 atom stereocenters. The van der Waals surface area contributed by atoms with Crippen LogP contribution in [0.2, 0.25) is 0 Å². The van der Waals surface area contributed by atoms with Gasteiger partial charge in [0, 0.05) is 13.0 Å². The van der Waals surface area contributed by atoms with Crippen molar-refractivity contribution in [3.05, 3.63) is 71.8 Å². The smallest absolute Gasteiger partial charge is 0.324 e. The van der Waals surface area contributed by atoms with Crippen molar-refractivity contribution in [2.45, 2.75) is 31.5 Å². The van der Waals surface area contributed by atoms with Crippen molar-refractivity contribution in [1.82, 2.24) is 10.2 Å². The Kier molecular flexibility index (Phi) is 7.37. The van der Waals surface area contributed by atoms with Crippen LogP contribution in [0.5, 0.6) is 0 Å². The van der Waals surface area contributed by atoms with Gasteiger partial charge in [0.1, 0.15) is 4.62 Å². The van der Waals surface area contributed by atoms with E-state index in [1.165, 1.54) is 0 Å². The highest BCUT2D eigenvalue weighted by molar-refractivity contribution is 9.18. The van der Waals surface area contributed by atoms with Crippen molar-refractivity contribution in [3.8, 4) is 0 Å². The number of amides is 3. The second kappa shape index (κ2) is 10.2. The average Bonchev–Trinajstić information content (AvgIpc) is 3.16. The monoisotopic (exact) mass is 458 g/mol. The fourth-order valence-electron chi connectivity index (χ4n) is 2.99. The van der Waals surface area contributed by atoms with Gasteiger partial charge in [-0.2, -0.15) is 0 Å². The molecular formula is C21H23BrN4O3. The maximum absolute atomic E-state index is 13.0. The lowest BCUT2D eigenvalue weighted by Gasteiger charge is -2.26. The van der Waals surface area contributed by atoms with Gasteiger partial charge in [0.2, 0.25) is 5.91 Å². The van der Waals surface area contributed by atoms with E-state index in [4.69, 9.17) is 10.6 Å². The zero-order chi connectivity index (χ0) is 20.6. The Hall–Kier alpha value is -2.71. The first-order chi connectivity index (χ1) is 14.0. The average molecular weight is 459 g/mol. The zero-order valence-corrected chi connectivity index (χ0v) is 17.4. The second-order valence-corrected chi connectivity index (χ2v) is 7.70. The van der Waals surface area contributed by atoms with Crippen LogP contribution < -0.4 is 11.1 Å². The largest absolute Gasteiger partial charge is 0.389 e. The van der Waals surface area contributed by atoms with Gasteiger partial charge in [0.05, 0.1) is 12.6 Å². The molecular weight excluding hydrogens is 436 g/mol. The molecule has 7 nitrogen and oxygen atoms in total. The van der Waals surface area contributed by atoms with Gasteiger partial charge >= 0.3 is 6.03 Å². The zero-order valence-electron chi connectivity index (χ0n) is 15.8. The molecule has 3 rings (SSSR count). The third-order valence-electron chi connectivity index (χ3n) is 4.50. The molecule has 0 fully saturated rings. The lowest BCUT2D eigenvalue weighted by molar-refractivity contribution is -0.131. The third-order valence-corrected chi connectivity index (χ3v) is 4.97. The summed E-state index contributed by atoms with van der Waals surface area (Å²) in [6.07, 6.45) is 0.428. The molecule has 2 aromatic carbocycles. The molecule has 0 aromatic heterocycles. The van der Waals surface area contributed by atoms with Gasteiger partial charge in [-0.25, -0.2) is 4.79 Å². The Bertz CT molecular complexity index is 861. The molecule has 1 unspecified atom stereocenters. The van der Waals surface area contributed by atoms with Crippen LogP contribution in [0.15, 0.2) is 65.8 Å². The molecule has 0 bridgehead atoms.